The lowest BCUT2D eigenvalue weighted by Crippen LogP contribution is -2.14. The predicted octanol–water partition coefficient (Wildman–Crippen LogP) is 4.74. The first-order valence-electron chi connectivity index (χ1n) is 10.5. The maximum Gasteiger partial charge on any atom is 0.224 e. The molecule has 0 aliphatic heterocycles. The Labute approximate surface area is 191 Å². The second kappa shape index (κ2) is 9.28. The maximum atomic E-state index is 13.1. The zero-order valence-electron chi connectivity index (χ0n) is 19.0. The minimum Gasteiger partial charge on any atom is -0.497 e. The van der Waals surface area contributed by atoms with Gasteiger partial charge in [0.1, 0.15) is 17.3 Å². The van der Waals surface area contributed by atoms with Gasteiger partial charge in [0.15, 0.2) is 5.65 Å². The Kier molecular flexibility index (Phi) is 6.26. The van der Waals surface area contributed by atoms with Gasteiger partial charge in [-0.2, -0.15) is 5.10 Å². The number of carbonyl (C=O) groups excluding carboxylic acids is 1. The van der Waals surface area contributed by atoms with Crippen molar-refractivity contribution < 1.29 is 18.7 Å². The summed E-state index contributed by atoms with van der Waals surface area (Å²) in [6.07, 6.45) is 0.779. The van der Waals surface area contributed by atoms with Crippen molar-refractivity contribution in [3.05, 3.63) is 71.3 Å². The summed E-state index contributed by atoms with van der Waals surface area (Å²) in [5.74, 6) is 0.865. The minimum absolute atomic E-state index is 0.148. The Hall–Kier alpha value is -3.94. The number of methoxy groups -OCH3 is 2. The summed E-state index contributed by atoms with van der Waals surface area (Å²) < 4.78 is 25.6. The quantitative estimate of drug-likeness (QED) is 0.442. The molecule has 0 aliphatic rings. The summed E-state index contributed by atoms with van der Waals surface area (Å²) >= 11 is 0. The van der Waals surface area contributed by atoms with Crippen molar-refractivity contribution in [1.29, 1.82) is 0 Å². The fourth-order valence-corrected chi connectivity index (χ4v) is 3.83. The third kappa shape index (κ3) is 4.64. The molecule has 0 bridgehead atoms. The van der Waals surface area contributed by atoms with Crippen LogP contribution in [0.15, 0.2) is 48.5 Å². The van der Waals surface area contributed by atoms with E-state index < -0.39 is 0 Å². The number of nitrogens with zero attached hydrogens (tertiary/aromatic N) is 3. The number of rotatable bonds is 7. The molecule has 0 fully saturated rings. The Morgan fingerprint density at radius 2 is 1.82 bits per heavy atom. The first-order valence-corrected chi connectivity index (χ1v) is 10.5. The van der Waals surface area contributed by atoms with E-state index in [9.17, 15) is 9.18 Å². The molecule has 1 N–H and O–H groups in total. The molecule has 2 aromatic carbocycles. The zero-order chi connectivity index (χ0) is 23.5. The van der Waals surface area contributed by atoms with Crippen molar-refractivity contribution in [3.8, 4) is 22.8 Å². The predicted molar refractivity (Wildman–Crippen MR) is 124 cm³/mol. The zero-order valence-corrected chi connectivity index (χ0v) is 19.0. The molecule has 0 spiro atoms. The average Bonchev–Trinajstić information content (AvgIpc) is 3.23. The van der Waals surface area contributed by atoms with Gasteiger partial charge in [-0.15, -0.1) is 0 Å². The molecule has 0 saturated heterocycles. The van der Waals surface area contributed by atoms with Crippen LogP contribution in [0.5, 0.6) is 11.5 Å². The third-order valence-corrected chi connectivity index (χ3v) is 5.58. The monoisotopic (exact) mass is 448 g/mol. The number of hydrogen-bond donors (Lipinski definition) is 1. The molecule has 0 atom stereocenters. The van der Waals surface area contributed by atoms with Crippen molar-refractivity contribution in [2.45, 2.75) is 26.7 Å². The average molecular weight is 448 g/mol. The molecule has 8 heteroatoms. The van der Waals surface area contributed by atoms with E-state index in [0.29, 0.717) is 23.6 Å². The van der Waals surface area contributed by atoms with E-state index in [4.69, 9.17) is 19.6 Å². The topological polar surface area (TPSA) is 77.8 Å². The Bertz CT molecular complexity index is 1320. The number of fused-ring (bicyclic) bond motifs is 1. The molecule has 170 valence electrons. The number of anilines is 1. The highest BCUT2D eigenvalue weighted by molar-refractivity contribution is 5.90. The lowest BCUT2D eigenvalue weighted by Gasteiger charge is -2.11. The highest BCUT2D eigenvalue weighted by Crippen LogP contribution is 2.33. The lowest BCUT2D eigenvalue weighted by atomic mass is 10.1. The summed E-state index contributed by atoms with van der Waals surface area (Å²) in [6.45, 7) is 3.90. The van der Waals surface area contributed by atoms with Crippen molar-refractivity contribution >= 4 is 17.2 Å². The number of halogens is 1. The van der Waals surface area contributed by atoms with Gasteiger partial charge in [0.2, 0.25) is 5.91 Å². The molecule has 0 aliphatic carbocycles. The molecule has 0 unspecified atom stereocenters. The smallest absolute Gasteiger partial charge is 0.224 e. The summed E-state index contributed by atoms with van der Waals surface area (Å²) in [5, 5.41) is 7.54. The number of carbonyl (C=O) groups is 1. The number of hydrogen-bond acceptors (Lipinski definition) is 5. The van der Waals surface area contributed by atoms with E-state index >= 15 is 0 Å². The van der Waals surface area contributed by atoms with Crippen LogP contribution in [-0.2, 0) is 11.2 Å². The molecule has 7 nitrogen and oxygen atoms in total. The van der Waals surface area contributed by atoms with Crippen molar-refractivity contribution in [2.75, 3.05) is 19.5 Å². The van der Waals surface area contributed by atoms with E-state index in [0.717, 1.165) is 33.9 Å². The summed E-state index contributed by atoms with van der Waals surface area (Å²) in [4.78, 5) is 17.1. The highest BCUT2D eigenvalue weighted by Gasteiger charge is 2.16. The molecule has 2 heterocycles. The number of aromatic nitrogens is 3. The third-order valence-electron chi connectivity index (χ3n) is 5.58. The second-order valence-electron chi connectivity index (χ2n) is 7.68. The van der Waals surface area contributed by atoms with Crippen LogP contribution in [0.3, 0.4) is 0 Å². The van der Waals surface area contributed by atoms with Gasteiger partial charge < -0.3 is 14.8 Å². The standard InChI is InChI=1S/C25H25FN4O3/c1-15-20(11-12-25(31)28-18-7-5-17(26)6-8-18)16(2)30-24(27-15)14-22(29-30)21-10-9-19(32-3)13-23(21)33-4/h5-10,13-14H,11-12H2,1-4H3,(H,28,31). The van der Waals surface area contributed by atoms with Gasteiger partial charge in [-0.25, -0.2) is 13.9 Å². The fourth-order valence-electron chi connectivity index (χ4n) is 3.83. The molecule has 4 aromatic rings. The summed E-state index contributed by atoms with van der Waals surface area (Å²) in [6, 6.07) is 13.2. The van der Waals surface area contributed by atoms with Crippen LogP contribution in [0.4, 0.5) is 10.1 Å². The van der Waals surface area contributed by atoms with Crippen LogP contribution in [0, 0.1) is 19.7 Å². The van der Waals surface area contributed by atoms with Crippen LogP contribution in [0.25, 0.3) is 16.9 Å². The van der Waals surface area contributed by atoms with Crippen molar-refractivity contribution in [2.24, 2.45) is 0 Å². The number of ether oxygens (including phenoxy) is 2. The maximum absolute atomic E-state index is 13.1. The van der Waals surface area contributed by atoms with Gasteiger partial charge in [0, 0.05) is 41.2 Å². The van der Waals surface area contributed by atoms with Crippen LogP contribution in [0.1, 0.15) is 23.4 Å². The van der Waals surface area contributed by atoms with Gasteiger partial charge in [0.05, 0.1) is 19.9 Å². The van der Waals surface area contributed by atoms with Gasteiger partial charge in [-0.05, 0) is 62.2 Å². The van der Waals surface area contributed by atoms with E-state index in [1.54, 1.807) is 18.7 Å². The van der Waals surface area contributed by atoms with Gasteiger partial charge >= 0.3 is 0 Å². The van der Waals surface area contributed by atoms with Crippen molar-refractivity contribution in [1.82, 2.24) is 14.6 Å². The summed E-state index contributed by atoms with van der Waals surface area (Å²) in [7, 11) is 3.22. The number of amides is 1. The van der Waals surface area contributed by atoms with E-state index in [1.165, 1.54) is 24.3 Å². The van der Waals surface area contributed by atoms with Crippen LogP contribution in [-0.4, -0.2) is 34.7 Å². The number of aryl methyl sites for hydroxylation is 2. The molecule has 0 radical (unpaired) electrons. The lowest BCUT2D eigenvalue weighted by molar-refractivity contribution is -0.116. The number of nitrogens with one attached hydrogen (secondary N) is 1. The second-order valence-corrected chi connectivity index (χ2v) is 7.68. The largest absolute Gasteiger partial charge is 0.497 e. The van der Waals surface area contributed by atoms with Gasteiger partial charge in [0.25, 0.3) is 0 Å². The van der Waals surface area contributed by atoms with E-state index in [1.807, 2.05) is 38.1 Å². The van der Waals surface area contributed by atoms with E-state index in [-0.39, 0.29) is 18.1 Å². The van der Waals surface area contributed by atoms with Crippen LogP contribution < -0.4 is 14.8 Å². The molecular formula is C25H25FN4O3. The normalized spacial score (nSPS) is 10.9. The number of benzene rings is 2. The molecular weight excluding hydrogens is 423 g/mol. The van der Waals surface area contributed by atoms with Crippen molar-refractivity contribution in [3.63, 3.8) is 0 Å². The first-order chi connectivity index (χ1) is 15.9. The van der Waals surface area contributed by atoms with Crippen LogP contribution in [0.2, 0.25) is 0 Å². The van der Waals surface area contributed by atoms with Gasteiger partial charge in [-0.3, -0.25) is 4.79 Å². The molecule has 2 aromatic heterocycles. The molecule has 0 saturated carbocycles. The van der Waals surface area contributed by atoms with Crippen LogP contribution >= 0.6 is 0 Å². The summed E-state index contributed by atoms with van der Waals surface area (Å²) in [5.41, 5.74) is 5.59. The SMILES string of the molecule is COc1ccc(-c2cc3nc(C)c(CCC(=O)Nc4ccc(F)cc4)c(C)n3n2)c(OC)c1. The minimum atomic E-state index is -0.343. The first kappa shape index (κ1) is 22.3. The highest BCUT2D eigenvalue weighted by atomic mass is 19.1. The van der Waals surface area contributed by atoms with E-state index in [2.05, 4.69) is 5.32 Å². The van der Waals surface area contributed by atoms with Gasteiger partial charge in [-0.1, -0.05) is 0 Å². The molecule has 4 rings (SSSR count). The molecule has 1 amide bonds. The Morgan fingerprint density at radius 3 is 2.52 bits per heavy atom. The Balaban J connectivity index is 1.58. The fraction of sp³-hybridized carbons (Fsp3) is 0.240. The molecule has 33 heavy (non-hydrogen) atoms. The Morgan fingerprint density at radius 1 is 1.06 bits per heavy atom.